The van der Waals surface area contributed by atoms with Gasteiger partial charge in [0, 0.05) is 5.56 Å². The highest BCUT2D eigenvalue weighted by Gasteiger charge is 2.21. The van der Waals surface area contributed by atoms with Crippen LogP contribution in [0.5, 0.6) is 0 Å². The number of hydrogen-bond donors (Lipinski definition) is 1. The largest absolute Gasteiger partial charge is 0.451 e. The molecule has 0 fully saturated rings. The third kappa shape index (κ3) is 2.22. The molecule has 0 spiro atoms. The van der Waals surface area contributed by atoms with Gasteiger partial charge in [-0.2, -0.15) is 0 Å². The first-order valence-electron chi connectivity index (χ1n) is 4.81. The van der Waals surface area contributed by atoms with Crippen molar-refractivity contribution in [3.8, 4) is 11.1 Å². The molecule has 0 aliphatic carbocycles. The van der Waals surface area contributed by atoms with Crippen molar-refractivity contribution in [3.05, 3.63) is 42.4 Å². The van der Waals surface area contributed by atoms with Crippen LogP contribution in [0.2, 0.25) is 0 Å². The van der Waals surface area contributed by atoms with Crippen LogP contribution in [0.25, 0.3) is 11.1 Å². The molecule has 0 bridgehead atoms. The van der Waals surface area contributed by atoms with Crippen LogP contribution in [0.15, 0.2) is 46.1 Å². The Balaban J connectivity index is 2.55. The summed E-state index contributed by atoms with van der Waals surface area (Å²) >= 11 is 0. The Kier molecular flexibility index (Phi) is 2.99. The van der Waals surface area contributed by atoms with Crippen molar-refractivity contribution in [3.63, 3.8) is 0 Å². The van der Waals surface area contributed by atoms with E-state index in [1.54, 1.807) is 0 Å². The lowest BCUT2D eigenvalue weighted by molar-refractivity contribution is 0.449. The summed E-state index contributed by atoms with van der Waals surface area (Å²) in [6.07, 6.45) is 1.28. The highest BCUT2D eigenvalue weighted by atomic mass is 32.2. The minimum Gasteiger partial charge on any atom is -0.451 e. The molecule has 0 saturated carbocycles. The first-order valence-corrected chi connectivity index (χ1v) is 6.30. The van der Waals surface area contributed by atoms with Crippen molar-refractivity contribution in [1.82, 2.24) is 4.72 Å². The highest BCUT2D eigenvalue weighted by Crippen LogP contribution is 2.28. The molecule has 0 aliphatic rings. The van der Waals surface area contributed by atoms with Crippen LogP contribution < -0.4 is 4.72 Å². The lowest BCUT2D eigenvalue weighted by atomic mass is 10.1. The Labute approximate surface area is 98.1 Å². The molecule has 1 aromatic carbocycles. The van der Waals surface area contributed by atoms with Gasteiger partial charge in [0.2, 0.25) is 5.09 Å². The third-order valence-electron chi connectivity index (χ3n) is 2.30. The molecule has 2 aromatic rings. The van der Waals surface area contributed by atoms with Gasteiger partial charge in [-0.05, 0) is 30.8 Å². The second-order valence-corrected chi connectivity index (χ2v) is 5.12. The van der Waals surface area contributed by atoms with Crippen LogP contribution in [-0.2, 0) is 10.0 Å². The molecule has 4 nitrogen and oxygen atoms in total. The average molecular weight is 255 g/mol. The van der Waals surface area contributed by atoms with Crippen molar-refractivity contribution in [2.75, 3.05) is 7.05 Å². The molecular weight excluding hydrogens is 245 g/mol. The first-order chi connectivity index (χ1) is 8.04. The predicted molar refractivity (Wildman–Crippen MR) is 60.3 cm³/mol. The van der Waals surface area contributed by atoms with E-state index >= 15 is 0 Å². The Morgan fingerprint density at radius 3 is 2.41 bits per heavy atom. The van der Waals surface area contributed by atoms with Gasteiger partial charge in [-0.1, -0.05) is 12.1 Å². The topological polar surface area (TPSA) is 59.3 Å². The number of sulfonamides is 1. The summed E-state index contributed by atoms with van der Waals surface area (Å²) in [6.45, 7) is 0. The summed E-state index contributed by atoms with van der Waals surface area (Å²) in [7, 11) is -2.36. The summed E-state index contributed by atoms with van der Waals surface area (Å²) < 4.78 is 43.2. The lowest BCUT2D eigenvalue weighted by Crippen LogP contribution is -2.18. The second kappa shape index (κ2) is 4.31. The molecule has 17 heavy (non-hydrogen) atoms. The molecule has 0 aliphatic heterocycles. The van der Waals surface area contributed by atoms with Gasteiger partial charge < -0.3 is 4.42 Å². The van der Waals surface area contributed by atoms with E-state index in [0.717, 1.165) is 0 Å². The SMILES string of the molecule is CNS(=O)(=O)c1occc1-c1ccc(F)cc1. The highest BCUT2D eigenvalue weighted by molar-refractivity contribution is 7.89. The molecule has 1 N–H and O–H groups in total. The number of furan rings is 1. The van der Waals surface area contributed by atoms with Gasteiger partial charge >= 0.3 is 0 Å². The Bertz CT molecular complexity index is 616. The normalized spacial score (nSPS) is 11.6. The summed E-state index contributed by atoms with van der Waals surface area (Å²) in [6, 6.07) is 7.04. The fourth-order valence-electron chi connectivity index (χ4n) is 1.44. The summed E-state index contributed by atoms with van der Waals surface area (Å²) in [4.78, 5) is 0. The Morgan fingerprint density at radius 2 is 1.82 bits per heavy atom. The Morgan fingerprint density at radius 1 is 1.18 bits per heavy atom. The first kappa shape index (κ1) is 11.8. The van der Waals surface area contributed by atoms with Crippen LogP contribution in [0.4, 0.5) is 4.39 Å². The number of nitrogens with one attached hydrogen (secondary N) is 1. The van der Waals surface area contributed by atoms with Gasteiger partial charge in [0.05, 0.1) is 6.26 Å². The van der Waals surface area contributed by atoms with Gasteiger partial charge in [-0.25, -0.2) is 17.5 Å². The summed E-state index contributed by atoms with van der Waals surface area (Å²) in [5, 5.41) is -0.174. The fraction of sp³-hybridized carbons (Fsp3) is 0.0909. The monoisotopic (exact) mass is 255 g/mol. The zero-order valence-electron chi connectivity index (χ0n) is 8.98. The molecule has 1 aromatic heterocycles. The lowest BCUT2D eigenvalue weighted by Gasteiger charge is -2.03. The molecule has 0 radical (unpaired) electrons. The van der Waals surface area contributed by atoms with Crippen LogP contribution in [0.3, 0.4) is 0 Å². The van der Waals surface area contributed by atoms with E-state index in [-0.39, 0.29) is 10.9 Å². The maximum atomic E-state index is 12.8. The van der Waals surface area contributed by atoms with E-state index in [2.05, 4.69) is 4.72 Å². The molecule has 1 heterocycles. The van der Waals surface area contributed by atoms with Crippen LogP contribution in [0.1, 0.15) is 0 Å². The van der Waals surface area contributed by atoms with Crippen LogP contribution in [-0.4, -0.2) is 15.5 Å². The quantitative estimate of drug-likeness (QED) is 0.912. The molecule has 6 heteroatoms. The minimum absolute atomic E-state index is 0.174. The average Bonchev–Trinajstić information content (AvgIpc) is 2.80. The van der Waals surface area contributed by atoms with E-state index < -0.39 is 10.0 Å². The van der Waals surface area contributed by atoms with Crippen molar-refractivity contribution in [2.45, 2.75) is 5.09 Å². The van der Waals surface area contributed by atoms with Crippen molar-refractivity contribution in [1.29, 1.82) is 0 Å². The zero-order valence-corrected chi connectivity index (χ0v) is 9.79. The molecule has 0 saturated heterocycles. The van der Waals surface area contributed by atoms with Gasteiger partial charge in [0.25, 0.3) is 10.0 Å². The molecule has 0 amide bonds. The van der Waals surface area contributed by atoms with E-state index in [1.165, 1.54) is 43.6 Å². The van der Waals surface area contributed by atoms with Crippen molar-refractivity contribution >= 4 is 10.0 Å². The maximum Gasteiger partial charge on any atom is 0.274 e. The molecule has 0 unspecified atom stereocenters. The minimum atomic E-state index is -3.65. The predicted octanol–water partition coefficient (Wildman–Crippen LogP) is 1.99. The summed E-state index contributed by atoms with van der Waals surface area (Å²) in [5.41, 5.74) is 0.980. The maximum absolute atomic E-state index is 12.8. The van der Waals surface area contributed by atoms with Gasteiger partial charge in [-0.15, -0.1) is 0 Å². The molecular formula is C11H10FNO3S. The number of rotatable bonds is 3. The smallest absolute Gasteiger partial charge is 0.274 e. The van der Waals surface area contributed by atoms with Crippen molar-refractivity contribution in [2.24, 2.45) is 0 Å². The fourth-order valence-corrected chi connectivity index (χ4v) is 2.28. The van der Waals surface area contributed by atoms with Gasteiger partial charge in [0.15, 0.2) is 0 Å². The number of benzene rings is 1. The van der Waals surface area contributed by atoms with Crippen LogP contribution >= 0.6 is 0 Å². The van der Waals surface area contributed by atoms with Crippen molar-refractivity contribution < 1.29 is 17.2 Å². The number of halogens is 1. The van der Waals surface area contributed by atoms with E-state index in [4.69, 9.17) is 4.42 Å². The van der Waals surface area contributed by atoms with E-state index in [0.29, 0.717) is 11.1 Å². The van der Waals surface area contributed by atoms with Gasteiger partial charge in [0.1, 0.15) is 5.82 Å². The summed E-state index contributed by atoms with van der Waals surface area (Å²) in [5.74, 6) is -0.379. The van der Waals surface area contributed by atoms with Gasteiger partial charge in [-0.3, -0.25) is 0 Å². The molecule has 0 atom stereocenters. The molecule has 90 valence electrons. The standard InChI is InChI=1S/C11H10FNO3S/c1-13-17(14,15)11-10(6-7-16-11)8-2-4-9(12)5-3-8/h2-7,13H,1H3. The molecule has 2 rings (SSSR count). The number of hydrogen-bond acceptors (Lipinski definition) is 3. The van der Waals surface area contributed by atoms with E-state index in [9.17, 15) is 12.8 Å². The zero-order chi connectivity index (χ0) is 12.5. The van der Waals surface area contributed by atoms with E-state index in [1.807, 2.05) is 0 Å². The second-order valence-electron chi connectivity index (χ2n) is 3.34. The van der Waals surface area contributed by atoms with Crippen LogP contribution in [0, 0.1) is 5.82 Å². The Hall–Kier alpha value is -1.66. The third-order valence-corrected chi connectivity index (χ3v) is 3.64.